The molecule has 1 aromatic heterocycles. The van der Waals surface area contributed by atoms with Crippen LogP contribution >= 0.6 is 0 Å². The third-order valence-electron chi connectivity index (χ3n) is 2.90. The molecule has 0 fully saturated rings. The number of hydrogen-bond acceptors (Lipinski definition) is 6. The Kier molecular flexibility index (Phi) is 5.19. The molecule has 23 heavy (non-hydrogen) atoms. The predicted octanol–water partition coefficient (Wildman–Crippen LogP) is 2.00. The van der Waals surface area contributed by atoms with Gasteiger partial charge < -0.3 is 14.8 Å². The molecule has 0 aliphatic heterocycles. The number of benzene rings is 1. The van der Waals surface area contributed by atoms with E-state index in [4.69, 9.17) is 4.74 Å². The normalized spacial score (nSPS) is 10.0. The van der Waals surface area contributed by atoms with Crippen molar-refractivity contribution in [3.63, 3.8) is 0 Å². The lowest BCUT2D eigenvalue weighted by molar-refractivity contribution is 0.0942. The zero-order chi connectivity index (χ0) is 16.8. The number of rotatable bonds is 4. The Morgan fingerprint density at radius 1 is 1.26 bits per heavy atom. The second kappa shape index (κ2) is 7.30. The van der Waals surface area contributed by atoms with Crippen molar-refractivity contribution < 1.29 is 23.5 Å². The number of hydrogen-bond donors (Lipinski definition) is 1. The van der Waals surface area contributed by atoms with Crippen LogP contribution in [0.4, 0.5) is 9.18 Å². The fourth-order valence-corrected chi connectivity index (χ4v) is 1.74. The van der Waals surface area contributed by atoms with Crippen LogP contribution in [0.3, 0.4) is 0 Å². The quantitative estimate of drug-likeness (QED) is 0.867. The molecule has 0 unspecified atom stereocenters. The van der Waals surface area contributed by atoms with E-state index < -0.39 is 12.1 Å². The Balaban J connectivity index is 2.01. The first-order chi connectivity index (χ1) is 11.0. The summed E-state index contributed by atoms with van der Waals surface area (Å²) in [5.41, 5.74) is 1.27. The molecule has 0 aliphatic rings. The van der Waals surface area contributed by atoms with E-state index in [1.807, 2.05) is 0 Å². The molecule has 0 radical (unpaired) electrons. The standard InChI is InChI=1S/C15H14FN3O4/c1-9-5-10(3-4-11(9)16)7-17-14(20)12-6-13(19-8-18-12)23-15(21)22-2/h3-6,8H,7H2,1-2H3,(H,17,20). The van der Waals surface area contributed by atoms with Crippen LogP contribution in [-0.2, 0) is 11.3 Å². The molecule has 2 aromatic rings. The molecule has 120 valence electrons. The molecule has 1 amide bonds. The van der Waals surface area contributed by atoms with Gasteiger partial charge in [-0.05, 0) is 24.1 Å². The molecule has 0 saturated heterocycles. The number of aromatic nitrogens is 2. The number of nitrogens with one attached hydrogen (secondary N) is 1. The fourth-order valence-electron chi connectivity index (χ4n) is 1.74. The lowest BCUT2D eigenvalue weighted by atomic mass is 10.1. The summed E-state index contributed by atoms with van der Waals surface area (Å²) in [6, 6.07) is 5.77. The van der Waals surface area contributed by atoms with Crippen molar-refractivity contribution >= 4 is 12.1 Å². The van der Waals surface area contributed by atoms with Gasteiger partial charge in [-0.25, -0.2) is 19.2 Å². The Labute approximate surface area is 131 Å². The second-order valence-corrected chi connectivity index (χ2v) is 4.56. The van der Waals surface area contributed by atoms with Crippen LogP contribution in [0.1, 0.15) is 21.6 Å². The van der Waals surface area contributed by atoms with Gasteiger partial charge in [-0.3, -0.25) is 4.79 Å². The smallest absolute Gasteiger partial charge is 0.437 e. The molecular weight excluding hydrogens is 305 g/mol. The molecule has 7 nitrogen and oxygen atoms in total. The number of nitrogens with zero attached hydrogens (tertiary/aromatic N) is 2. The third kappa shape index (κ3) is 4.47. The van der Waals surface area contributed by atoms with Gasteiger partial charge in [0.1, 0.15) is 17.8 Å². The molecule has 8 heteroatoms. The van der Waals surface area contributed by atoms with Gasteiger partial charge in [0.2, 0.25) is 5.88 Å². The van der Waals surface area contributed by atoms with Crippen molar-refractivity contribution in [1.29, 1.82) is 0 Å². The first-order valence-corrected chi connectivity index (χ1v) is 6.60. The Bertz CT molecular complexity index is 736. The topological polar surface area (TPSA) is 90.4 Å². The van der Waals surface area contributed by atoms with Crippen LogP contribution in [0.2, 0.25) is 0 Å². The van der Waals surface area contributed by atoms with Crippen molar-refractivity contribution in [3.8, 4) is 5.88 Å². The first-order valence-electron chi connectivity index (χ1n) is 6.60. The lowest BCUT2D eigenvalue weighted by Crippen LogP contribution is -2.24. The number of carbonyl (C=O) groups excluding carboxylic acids is 2. The zero-order valence-corrected chi connectivity index (χ0v) is 12.5. The summed E-state index contributed by atoms with van der Waals surface area (Å²) in [7, 11) is 1.15. The van der Waals surface area contributed by atoms with E-state index in [9.17, 15) is 14.0 Å². The summed E-state index contributed by atoms with van der Waals surface area (Å²) in [4.78, 5) is 30.5. The van der Waals surface area contributed by atoms with Crippen LogP contribution < -0.4 is 10.1 Å². The van der Waals surface area contributed by atoms with E-state index in [2.05, 4.69) is 20.0 Å². The van der Waals surface area contributed by atoms with E-state index in [1.54, 1.807) is 19.1 Å². The average Bonchev–Trinajstić information content (AvgIpc) is 2.55. The van der Waals surface area contributed by atoms with Crippen molar-refractivity contribution in [1.82, 2.24) is 15.3 Å². The van der Waals surface area contributed by atoms with E-state index in [1.165, 1.54) is 12.1 Å². The van der Waals surface area contributed by atoms with Crippen molar-refractivity contribution in [2.75, 3.05) is 7.11 Å². The minimum Gasteiger partial charge on any atom is -0.437 e. The minimum atomic E-state index is -0.947. The van der Waals surface area contributed by atoms with Gasteiger partial charge in [-0.15, -0.1) is 0 Å². The molecule has 0 saturated carbocycles. The number of methoxy groups -OCH3 is 1. The molecule has 1 heterocycles. The summed E-state index contributed by atoms with van der Waals surface area (Å²) in [5, 5.41) is 2.63. The molecular formula is C15H14FN3O4. The highest BCUT2D eigenvalue weighted by Crippen LogP contribution is 2.10. The van der Waals surface area contributed by atoms with Crippen molar-refractivity contribution in [3.05, 3.63) is 53.2 Å². The zero-order valence-electron chi connectivity index (χ0n) is 12.5. The van der Waals surface area contributed by atoms with Gasteiger partial charge in [0.15, 0.2) is 0 Å². The van der Waals surface area contributed by atoms with E-state index in [-0.39, 0.29) is 23.9 Å². The highest BCUT2D eigenvalue weighted by molar-refractivity contribution is 5.92. The van der Waals surface area contributed by atoms with Crippen LogP contribution in [-0.4, -0.2) is 29.1 Å². The van der Waals surface area contributed by atoms with E-state index >= 15 is 0 Å². The highest BCUT2D eigenvalue weighted by Gasteiger charge is 2.12. The SMILES string of the molecule is COC(=O)Oc1cc(C(=O)NCc2ccc(F)c(C)c2)ncn1. The maximum atomic E-state index is 13.2. The number of amides is 1. The van der Waals surface area contributed by atoms with Crippen LogP contribution in [0.15, 0.2) is 30.6 Å². The molecule has 0 bridgehead atoms. The maximum Gasteiger partial charge on any atom is 0.514 e. The van der Waals surface area contributed by atoms with Gasteiger partial charge in [-0.2, -0.15) is 0 Å². The summed E-state index contributed by atoms with van der Waals surface area (Å²) in [6.07, 6.45) is 0.145. The maximum absolute atomic E-state index is 13.2. The summed E-state index contributed by atoms with van der Waals surface area (Å²) >= 11 is 0. The summed E-state index contributed by atoms with van der Waals surface area (Å²) in [5.74, 6) is -0.890. The molecule has 0 spiro atoms. The van der Waals surface area contributed by atoms with Gasteiger partial charge in [0.05, 0.1) is 7.11 Å². The van der Waals surface area contributed by atoms with Crippen LogP contribution in [0.5, 0.6) is 5.88 Å². The Hall–Kier alpha value is -3.03. The van der Waals surface area contributed by atoms with E-state index in [0.717, 1.165) is 19.0 Å². The molecule has 0 atom stereocenters. The highest BCUT2D eigenvalue weighted by atomic mass is 19.1. The number of carbonyl (C=O) groups is 2. The number of aryl methyl sites for hydroxylation is 1. The van der Waals surface area contributed by atoms with Crippen LogP contribution in [0, 0.1) is 12.7 Å². The minimum absolute atomic E-state index is 0.0257. The summed E-state index contributed by atoms with van der Waals surface area (Å²) in [6.45, 7) is 1.85. The molecule has 0 aliphatic carbocycles. The van der Waals surface area contributed by atoms with Gasteiger partial charge >= 0.3 is 6.16 Å². The van der Waals surface area contributed by atoms with Crippen LogP contribution in [0.25, 0.3) is 0 Å². The third-order valence-corrected chi connectivity index (χ3v) is 2.90. The summed E-state index contributed by atoms with van der Waals surface area (Å²) < 4.78 is 22.2. The number of halogens is 1. The largest absolute Gasteiger partial charge is 0.514 e. The monoisotopic (exact) mass is 319 g/mol. The second-order valence-electron chi connectivity index (χ2n) is 4.56. The van der Waals surface area contributed by atoms with Crippen molar-refractivity contribution in [2.24, 2.45) is 0 Å². The predicted molar refractivity (Wildman–Crippen MR) is 77.4 cm³/mol. The number of ether oxygens (including phenoxy) is 2. The van der Waals surface area contributed by atoms with Gasteiger partial charge in [0.25, 0.3) is 5.91 Å². The molecule has 1 N–H and O–H groups in total. The van der Waals surface area contributed by atoms with Gasteiger partial charge in [-0.1, -0.05) is 12.1 Å². The lowest BCUT2D eigenvalue weighted by Gasteiger charge is -2.07. The van der Waals surface area contributed by atoms with E-state index in [0.29, 0.717) is 5.56 Å². The Morgan fingerprint density at radius 3 is 2.74 bits per heavy atom. The Morgan fingerprint density at radius 2 is 2.04 bits per heavy atom. The molecule has 2 rings (SSSR count). The van der Waals surface area contributed by atoms with Gasteiger partial charge in [0, 0.05) is 12.6 Å². The van der Waals surface area contributed by atoms with Crippen molar-refractivity contribution in [2.45, 2.75) is 13.5 Å². The average molecular weight is 319 g/mol. The first kappa shape index (κ1) is 16.3. The fraction of sp³-hybridized carbons (Fsp3) is 0.200. The molecule has 1 aromatic carbocycles.